The Bertz CT molecular complexity index is 374. The van der Waals surface area contributed by atoms with E-state index in [0.717, 1.165) is 13.0 Å². The quantitative estimate of drug-likeness (QED) is 0.486. The van der Waals surface area contributed by atoms with Gasteiger partial charge in [0.25, 0.3) is 0 Å². The fraction of sp³-hybridized carbons (Fsp3) is 0.615. The van der Waals surface area contributed by atoms with Crippen LogP contribution < -0.4 is 5.73 Å². The predicted molar refractivity (Wildman–Crippen MR) is 89.9 cm³/mol. The highest BCUT2D eigenvalue weighted by atomic mass is 127. The molecule has 0 aliphatic heterocycles. The van der Waals surface area contributed by atoms with Crippen molar-refractivity contribution in [2.24, 2.45) is 16.6 Å². The molecule has 1 aromatic rings. The average Bonchev–Trinajstić information content (AvgIpc) is 3.05. The molecule has 0 radical (unpaired) electrons. The SMILES string of the molecule is CC(CN=C(N)N(C)C1CC1)Cc1cccs1.I. The molecule has 102 valence electrons. The monoisotopic (exact) mass is 379 g/mol. The number of nitrogens with two attached hydrogens (primary N) is 1. The number of guanidine groups is 1. The van der Waals surface area contributed by atoms with Crippen LogP contribution in [0.2, 0.25) is 0 Å². The van der Waals surface area contributed by atoms with Gasteiger partial charge < -0.3 is 10.6 Å². The Hall–Kier alpha value is -0.300. The van der Waals surface area contributed by atoms with Crippen molar-refractivity contribution in [1.82, 2.24) is 4.90 Å². The molecule has 0 saturated heterocycles. The van der Waals surface area contributed by atoms with Gasteiger partial charge in [0, 0.05) is 24.5 Å². The van der Waals surface area contributed by atoms with Gasteiger partial charge in [0.05, 0.1) is 0 Å². The third-order valence-electron chi connectivity index (χ3n) is 3.15. The third-order valence-corrected chi connectivity index (χ3v) is 4.05. The van der Waals surface area contributed by atoms with E-state index >= 15 is 0 Å². The highest BCUT2D eigenvalue weighted by molar-refractivity contribution is 14.0. The van der Waals surface area contributed by atoms with Crippen LogP contribution in [0.5, 0.6) is 0 Å². The molecule has 0 spiro atoms. The standard InChI is InChI=1S/C13H21N3S.HI/c1-10(8-12-4-3-7-17-12)9-15-13(14)16(2)11-5-6-11;/h3-4,7,10-11H,5-6,8-9H2,1-2H3,(H2,14,15);1H. The maximum absolute atomic E-state index is 5.96. The number of nitrogens with zero attached hydrogens (tertiary/aromatic N) is 2. The van der Waals surface area contributed by atoms with Crippen LogP contribution in [0.1, 0.15) is 24.6 Å². The summed E-state index contributed by atoms with van der Waals surface area (Å²) in [5.41, 5.74) is 5.96. The smallest absolute Gasteiger partial charge is 0.191 e. The molecule has 0 amide bonds. The van der Waals surface area contributed by atoms with Crippen molar-refractivity contribution in [2.75, 3.05) is 13.6 Å². The molecule has 1 fully saturated rings. The van der Waals surface area contributed by atoms with Gasteiger partial charge in [-0.25, -0.2) is 0 Å². The van der Waals surface area contributed by atoms with Crippen molar-refractivity contribution < 1.29 is 0 Å². The first-order chi connectivity index (χ1) is 8.16. The second kappa shape index (κ2) is 7.33. The van der Waals surface area contributed by atoms with E-state index in [0.29, 0.717) is 17.9 Å². The Balaban J connectivity index is 0.00000162. The van der Waals surface area contributed by atoms with E-state index in [1.807, 2.05) is 18.4 Å². The van der Waals surface area contributed by atoms with Gasteiger partial charge in [-0.3, -0.25) is 4.99 Å². The zero-order valence-electron chi connectivity index (χ0n) is 11.0. The van der Waals surface area contributed by atoms with Crippen LogP contribution in [-0.4, -0.2) is 30.5 Å². The fourth-order valence-electron chi connectivity index (χ4n) is 1.85. The normalized spacial score (nSPS) is 17.1. The molecule has 2 N–H and O–H groups in total. The molecule has 1 aliphatic rings. The van der Waals surface area contributed by atoms with E-state index in [1.54, 1.807) is 0 Å². The third kappa shape index (κ3) is 4.76. The number of thiophene rings is 1. The Kier molecular flexibility index (Phi) is 6.42. The minimum atomic E-state index is 0. The van der Waals surface area contributed by atoms with E-state index in [9.17, 15) is 0 Å². The topological polar surface area (TPSA) is 41.6 Å². The first kappa shape index (κ1) is 15.8. The number of hydrogen-bond acceptors (Lipinski definition) is 2. The molecular formula is C13H22IN3S. The molecular weight excluding hydrogens is 357 g/mol. The lowest BCUT2D eigenvalue weighted by Crippen LogP contribution is -2.36. The Morgan fingerprint density at radius 1 is 1.61 bits per heavy atom. The first-order valence-corrected chi connectivity index (χ1v) is 7.10. The molecule has 0 aromatic carbocycles. The van der Waals surface area contributed by atoms with Crippen LogP contribution in [0.15, 0.2) is 22.5 Å². The van der Waals surface area contributed by atoms with E-state index in [-0.39, 0.29) is 24.0 Å². The van der Waals surface area contributed by atoms with Crippen LogP contribution in [0.25, 0.3) is 0 Å². The molecule has 1 aromatic heterocycles. The van der Waals surface area contributed by atoms with Crippen molar-refractivity contribution >= 4 is 41.3 Å². The van der Waals surface area contributed by atoms with Gasteiger partial charge in [-0.2, -0.15) is 0 Å². The van der Waals surface area contributed by atoms with Crippen LogP contribution >= 0.6 is 35.3 Å². The number of aliphatic imine (C=N–C) groups is 1. The molecule has 1 atom stereocenters. The molecule has 18 heavy (non-hydrogen) atoms. The van der Waals surface area contributed by atoms with Gasteiger partial charge in [-0.15, -0.1) is 35.3 Å². The average molecular weight is 379 g/mol. The zero-order valence-corrected chi connectivity index (χ0v) is 14.2. The molecule has 1 unspecified atom stereocenters. The van der Waals surface area contributed by atoms with Crippen LogP contribution in [-0.2, 0) is 6.42 Å². The second-order valence-corrected chi connectivity index (χ2v) is 5.96. The van der Waals surface area contributed by atoms with Crippen LogP contribution in [0.4, 0.5) is 0 Å². The van der Waals surface area contributed by atoms with Gasteiger partial charge in [-0.1, -0.05) is 13.0 Å². The molecule has 1 aliphatic carbocycles. The summed E-state index contributed by atoms with van der Waals surface area (Å²) < 4.78 is 0. The number of halogens is 1. The Labute approximate surface area is 130 Å². The molecule has 1 saturated carbocycles. The highest BCUT2D eigenvalue weighted by Gasteiger charge is 2.27. The van der Waals surface area contributed by atoms with Crippen LogP contribution in [0.3, 0.4) is 0 Å². The summed E-state index contributed by atoms with van der Waals surface area (Å²) >= 11 is 1.82. The summed E-state index contributed by atoms with van der Waals surface area (Å²) in [6.45, 7) is 3.05. The molecule has 5 heteroatoms. The zero-order chi connectivity index (χ0) is 12.3. The van der Waals surface area contributed by atoms with E-state index in [2.05, 4.69) is 34.3 Å². The Morgan fingerprint density at radius 3 is 2.89 bits per heavy atom. The minimum Gasteiger partial charge on any atom is -0.370 e. The first-order valence-electron chi connectivity index (χ1n) is 6.22. The van der Waals surface area contributed by atoms with Gasteiger partial charge in [0.1, 0.15) is 0 Å². The van der Waals surface area contributed by atoms with Gasteiger partial charge in [-0.05, 0) is 36.6 Å². The molecule has 2 rings (SSSR count). The summed E-state index contributed by atoms with van der Waals surface area (Å²) in [6.07, 6.45) is 3.62. The van der Waals surface area contributed by atoms with E-state index in [4.69, 9.17) is 5.73 Å². The largest absolute Gasteiger partial charge is 0.370 e. The van der Waals surface area contributed by atoms with Gasteiger partial charge in [0.2, 0.25) is 0 Å². The molecule has 1 heterocycles. The molecule has 3 nitrogen and oxygen atoms in total. The number of hydrogen-bond donors (Lipinski definition) is 1. The summed E-state index contributed by atoms with van der Waals surface area (Å²) in [6, 6.07) is 4.93. The van der Waals surface area contributed by atoms with Gasteiger partial charge in [0.15, 0.2) is 5.96 Å². The maximum Gasteiger partial charge on any atom is 0.191 e. The minimum absolute atomic E-state index is 0. The van der Waals surface area contributed by atoms with Crippen molar-refractivity contribution in [3.8, 4) is 0 Å². The fourth-order valence-corrected chi connectivity index (χ4v) is 2.72. The second-order valence-electron chi connectivity index (χ2n) is 4.93. The van der Waals surface area contributed by atoms with E-state index in [1.165, 1.54) is 17.7 Å². The lowest BCUT2D eigenvalue weighted by Gasteiger charge is -2.17. The van der Waals surface area contributed by atoms with Crippen LogP contribution in [0, 0.1) is 5.92 Å². The predicted octanol–water partition coefficient (Wildman–Crippen LogP) is 2.95. The maximum atomic E-state index is 5.96. The lowest BCUT2D eigenvalue weighted by molar-refractivity contribution is 0.482. The highest BCUT2D eigenvalue weighted by Crippen LogP contribution is 2.25. The van der Waals surface area contributed by atoms with Gasteiger partial charge >= 0.3 is 0 Å². The Morgan fingerprint density at radius 2 is 2.33 bits per heavy atom. The summed E-state index contributed by atoms with van der Waals surface area (Å²) in [5, 5.41) is 2.13. The van der Waals surface area contributed by atoms with Crippen molar-refractivity contribution in [1.29, 1.82) is 0 Å². The summed E-state index contributed by atoms with van der Waals surface area (Å²) in [5.74, 6) is 1.25. The lowest BCUT2D eigenvalue weighted by atomic mass is 10.1. The van der Waals surface area contributed by atoms with E-state index < -0.39 is 0 Å². The number of rotatable bonds is 5. The molecule has 0 bridgehead atoms. The summed E-state index contributed by atoms with van der Waals surface area (Å²) in [4.78, 5) is 8.03. The summed E-state index contributed by atoms with van der Waals surface area (Å²) in [7, 11) is 2.04. The van der Waals surface area contributed by atoms with Crippen molar-refractivity contribution in [2.45, 2.75) is 32.2 Å². The van der Waals surface area contributed by atoms with Crippen molar-refractivity contribution in [3.05, 3.63) is 22.4 Å². The van der Waals surface area contributed by atoms with Crippen molar-refractivity contribution in [3.63, 3.8) is 0 Å².